The van der Waals surface area contributed by atoms with E-state index in [2.05, 4.69) is 28.6 Å². The molecule has 3 rings (SSSR count). The minimum absolute atomic E-state index is 0.776. The molecule has 1 saturated carbocycles. The Balaban J connectivity index is 1.80. The first-order chi connectivity index (χ1) is 7.93. The predicted octanol–water partition coefficient (Wildman–Crippen LogP) is 2.57. The number of hydrogen-bond donors (Lipinski definition) is 1. The average Bonchev–Trinajstić information content (AvgIpc) is 2.72. The molecule has 0 radical (unpaired) electrons. The van der Waals surface area contributed by atoms with Gasteiger partial charge >= 0.3 is 0 Å². The van der Waals surface area contributed by atoms with E-state index in [-0.39, 0.29) is 0 Å². The van der Waals surface area contributed by atoms with Crippen molar-refractivity contribution in [2.45, 2.75) is 31.6 Å². The average molecular weight is 216 g/mol. The molecule has 16 heavy (non-hydrogen) atoms. The Morgan fingerprint density at radius 3 is 3.00 bits per heavy atom. The maximum absolute atomic E-state index is 4.27. The van der Waals surface area contributed by atoms with E-state index in [0.29, 0.717) is 0 Å². The SMILES string of the molecule is c1cncc(C2CC3CCNCCC2C3)c1. The Hall–Kier alpha value is -0.890. The van der Waals surface area contributed by atoms with E-state index < -0.39 is 0 Å². The van der Waals surface area contributed by atoms with Crippen LogP contribution in [-0.2, 0) is 0 Å². The maximum Gasteiger partial charge on any atom is 0.0302 e. The van der Waals surface area contributed by atoms with Gasteiger partial charge in [0.25, 0.3) is 0 Å². The predicted molar refractivity (Wildman–Crippen MR) is 65.3 cm³/mol. The van der Waals surface area contributed by atoms with Crippen molar-refractivity contribution in [3.8, 4) is 0 Å². The quantitative estimate of drug-likeness (QED) is 0.780. The lowest BCUT2D eigenvalue weighted by Crippen LogP contribution is -2.23. The standard InChI is InChI=1S/C14H20N2/c1-2-13(10-16-5-1)14-9-11-3-6-15-7-4-12(14)8-11/h1-2,5,10-12,14-15H,3-4,6-9H2. The van der Waals surface area contributed by atoms with Gasteiger partial charge in [-0.15, -0.1) is 0 Å². The second-order valence-electron chi connectivity index (χ2n) is 5.32. The van der Waals surface area contributed by atoms with E-state index in [1.54, 1.807) is 0 Å². The van der Waals surface area contributed by atoms with Gasteiger partial charge in [-0.1, -0.05) is 6.07 Å². The van der Waals surface area contributed by atoms with E-state index in [0.717, 1.165) is 17.8 Å². The molecule has 2 heteroatoms. The Morgan fingerprint density at radius 1 is 1.19 bits per heavy atom. The molecule has 1 aromatic heterocycles. The van der Waals surface area contributed by atoms with E-state index >= 15 is 0 Å². The van der Waals surface area contributed by atoms with Crippen LogP contribution >= 0.6 is 0 Å². The third kappa shape index (κ3) is 1.99. The number of fused-ring (bicyclic) bond motifs is 2. The number of rotatable bonds is 1. The molecule has 2 nitrogen and oxygen atoms in total. The Kier molecular flexibility index (Phi) is 2.92. The van der Waals surface area contributed by atoms with E-state index in [9.17, 15) is 0 Å². The summed E-state index contributed by atoms with van der Waals surface area (Å²) in [5, 5.41) is 3.54. The zero-order chi connectivity index (χ0) is 10.8. The van der Waals surface area contributed by atoms with Gasteiger partial charge < -0.3 is 5.32 Å². The molecule has 3 atom stereocenters. The fourth-order valence-electron chi connectivity index (χ4n) is 3.52. The summed E-state index contributed by atoms with van der Waals surface area (Å²) in [5.74, 6) is 2.61. The van der Waals surface area contributed by atoms with E-state index in [1.807, 2.05) is 6.20 Å². The minimum Gasteiger partial charge on any atom is -0.317 e. The Labute approximate surface area is 97.5 Å². The van der Waals surface area contributed by atoms with Gasteiger partial charge in [0.15, 0.2) is 0 Å². The molecule has 1 aliphatic carbocycles. The van der Waals surface area contributed by atoms with E-state index in [4.69, 9.17) is 0 Å². The third-order valence-corrected chi connectivity index (χ3v) is 4.33. The molecular formula is C14H20N2. The summed E-state index contributed by atoms with van der Waals surface area (Å²) >= 11 is 0. The van der Waals surface area contributed by atoms with Crippen molar-refractivity contribution >= 4 is 0 Å². The first kappa shape index (κ1) is 10.3. The Morgan fingerprint density at radius 2 is 2.12 bits per heavy atom. The van der Waals surface area contributed by atoms with Crippen LogP contribution in [-0.4, -0.2) is 18.1 Å². The van der Waals surface area contributed by atoms with Crippen LogP contribution in [0.5, 0.6) is 0 Å². The summed E-state index contributed by atoms with van der Waals surface area (Å²) in [6, 6.07) is 4.34. The fraction of sp³-hybridized carbons (Fsp3) is 0.643. The molecule has 3 unspecified atom stereocenters. The molecule has 2 heterocycles. The Bertz CT molecular complexity index is 336. The number of nitrogens with zero attached hydrogens (tertiary/aromatic N) is 1. The van der Waals surface area contributed by atoms with Gasteiger partial charge in [-0.25, -0.2) is 0 Å². The van der Waals surface area contributed by atoms with Crippen LogP contribution in [0.3, 0.4) is 0 Å². The lowest BCUT2D eigenvalue weighted by molar-refractivity contribution is 0.385. The van der Waals surface area contributed by atoms with Crippen molar-refractivity contribution in [1.29, 1.82) is 0 Å². The number of hydrogen-bond acceptors (Lipinski definition) is 2. The zero-order valence-corrected chi connectivity index (χ0v) is 9.73. The highest BCUT2D eigenvalue weighted by molar-refractivity contribution is 5.18. The monoisotopic (exact) mass is 216 g/mol. The van der Waals surface area contributed by atoms with Crippen molar-refractivity contribution in [2.75, 3.05) is 13.1 Å². The van der Waals surface area contributed by atoms with Crippen LogP contribution in [0.4, 0.5) is 0 Å². The normalized spacial score (nSPS) is 34.4. The van der Waals surface area contributed by atoms with Gasteiger partial charge in [0.2, 0.25) is 0 Å². The largest absolute Gasteiger partial charge is 0.317 e. The van der Waals surface area contributed by atoms with Crippen LogP contribution < -0.4 is 5.32 Å². The van der Waals surface area contributed by atoms with Crippen molar-refractivity contribution in [3.63, 3.8) is 0 Å². The van der Waals surface area contributed by atoms with Gasteiger partial charge in [0.1, 0.15) is 0 Å². The lowest BCUT2D eigenvalue weighted by atomic mass is 9.88. The smallest absolute Gasteiger partial charge is 0.0302 e. The minimum atomic E-state index is 0.776. The maximum atomic E-state index is 4.27. The summed E-state index contributed by atoms with van der Waals surface area (Å²) in [4.78, 5) is 4.27. The highest BCUT2D eigenvalue weighted by Gasteiger charge is 2.35. The molecule has 86 valence electrons. The van der Waals surface area contributed by atoms with Crippen molar-refractivity contribution < 1.29 is 0 Å². The van der Waals surface area contributed by atoms with Crippen molar-refractivity contribution in [1.82, 2.24) is 10.3 Å². The lowest BCUT2D eigenvalue weighted by Gasteiger charge is -2.20. The van der Waals surface area contributed by atoms with E-state index in [1.165, 1.54) is 44.3 Å². The molecule has 0 spiro atoms. The van der Waals surface area contributed by atoms with Crippen molar-refractivity contribution in [3.05, 3.63) is 30.1 Å². The summed E-state index contributed by atoms with van der Waals surface area (Å²) in [6.45, 7) is 2.42. The van der Waals surface area contributed by atoms with Crippen LogP contribution in [0.2, 0.25) is 0 Å². The molecule has 1 saturated heterocycles. The second kappa shape index (κ2) is 4.54. The molecule has 2 aliphatic rings. The van der Waals surface area contributed by atoms with Gasteiger partial charge in [-0.2, -0.15) is 0 Å². The molecule has 1 aromatic rings. The molecule has 2 fully saturated rings. The highest BCUT2D eigenvalue weighted by Crippen LogP contribution is 2.46. The second-order valence-corrected chi connectivity index (χ2v) is 5.32. The fourth-order valence-corrected chi connectivity index (χ4v) is 3.52. The number of nitrogens with one attached hydrogen (secondary N) is 1. The van der Waals surface area contributed by atoms with Crippen LogP contribution in [0.1, 0.15) is 37.2 Å². The van der Waals surface area contributed by atoms with Crippen LogP contribution in [0.25, 0.3) is 0 Å². The highest BCUT2D eigenvalue weighted by atomic mass is 14.9. The molecule has 0 aromatic carbocycles. The zero-order valence-electron chi connectivity index (χ0n) is 9.73. The van der Waals surface area contributed by atoms with Crippen LogP contribution in [0, 0.1) is 11.8 Å². The topological polar surface area (TPSA) is 24.9 Å². The third-order valence-electron chi connectivity index (χ3n) is 4.33. The molecule has 1 N–H and O–H groups in total. The van der Waals surface area contributed by atoms with Crippen molar-refractivity contribution in [2.24, 2.45) is 11.8 Å². The summed E-state index contributed by atoms with van der Waals surface area (Å²) in [7, 11) is 0. The van der Waals surface area contributed by atoms with Gasteiger partial charge in [-0.05, 0) is 68.2 Å². The summed E-state index contributed by atoms with van der Waals surface area (Å²) in [5.41, 5.74) is 1.47. The molecule has 1 aliphatic heterocycles. The summed E-state index contributed by atoms with van der Waals surface area (Å²) < 4.78 is 0. The number of aromatic nitrogens is 1. The van der Waals surface area contributed by atoms with Gasteiger partial charge in [0.05, 0.1) is 0 Å². The van der Waals surface area contributed by atoms with Gasteiger partial charge in [0, 0.05) is 12.4 Å². The van der Waals surface area contributed by atoms with Crippen LogP contribution in [0.15, 0.2) is 24.5 Å². The number of pyridine rings is 1. The first-order valence-electron chi connectivity index (χ1n) is 6.54. The molecule has 2 bridgehead atoms. The summed E-state index contributed by atoms with van der Waals surface area (Å²) in [6.07, 6.45) is 9.50. The first-order valence-corrected chi connectivity index (χ1v) is 6.54. The van der Waals surface area contributed by atoms with Gasteiger partial charge in [-0.3, -0.25) is 4.98 Å². The molecule has 0 amide bonds. The molecular weight excluding hydrogens is 196 g/mol.